The van der Waals surface area contributed by atoms with Crippen LogP contribution in [0.3, 0.4) is 0 Å². The van der Waals surface area contributed by atoms with Crippen LogP contribution < -0.4 is 0 Å². The summed E-state index contributed by atoms with van der Waals surface area (Å²) in [7, 11) is 0. The topological polar surface area (TPSA) is 34.1 Å². The molecule has 0 atom stereocenters. The van der Waals surface area contributed by atoms with Crippen molar-refractivity contribution in [3.05, 3.63) is 95.6 Å². The van der Waals surface area contributed by atoms with Crippen molar-refractivity contribution in [1.29, 1.82) is 0 Å². The van der Waals surface area contributed by atoms with E-state index in [0.717, 1.165) is 17.4 Å². The fourth-order valence-electron chi connectivity index (χ4n) is 2.51. The van der Waals surface area contributed by atoms with Crippen LogP contribution in [-0.2, 0) is 0 Å². The van der Waals surface area contributed by atoms with E-state index in [-0.39, 0.29) is 5.78 Å². The molecule has 0 aliphatic rings. The average Bonchev–Trinajstić information content (AvgIpc) is 2.62. The summed E-state index contributed by atoms with van der Waals surface area (Å²) in [6.07, 6.45) is 0.739. The number of carbonyl (C=O) groups is 2. The molecule has 22 heavy (non-hydrogen) atoms. The van der Waals surface area contributed by atoms with Gasteiger partial charge in [-0.05, 0) is 11.1 Å². The number of aldehydes is 1. The van der Waals surface area contributed by atoms with Crippen molar-refractivity contribution >= 4 is 12.1 Å². The molecule has 106 valence electrons. The Bertz CT molecular complexity index is 806. The minimum absolute atomic E-state index is 0.137. The van der Waals surface area contributed by atoms with Gasteiger partial charge in [0, 0.05) is 16.7 Å². The standard InChI is InChI=1S/C20H14O2/c21-14-17-12-7-13-18(15-8-3-1-4-9-15)19(17)20(22)16-10-5-2-6-11-16/h1-14H. The summed E-state index contributed by atoms with van der Waals surface area (Å²) in [5.41, 5.74) is 3.14. The highest BCUT2D eigenvalue weighted by atomic mass is 16.1. The first-order valence-electron chi connectivity index (χ1n) is 7.04. The highest BCUT2D eigenvalue weighted by Crippen LogP contribution is 2.27. The molecular formula is C20H14O2. The fraction of sp³-hybridized carbons (Fsp3) is 0. The van der Waals surface area contributed by atoms with Crippen LogP contribution >= 0.6 is 0 Å². The van der Waals surface area contributed by atoms with E-state index >= 15 is 0 Å². The Kier molecular flexibility index (Phi) is 3.92. The number of ketones is 1. The van der Waals surface area contributed by atoms with E-state index in [4.69, 9.17) is 0 Å². The number of benzene rings is 3. The van der Waals surface area contributed by atoms with Crippen LogP contribution in [0.1, 0.15) is 26.3 Å². The van der Waals surface area contributed by atoms with E-state index in [1.807, 2.05) is 54.6 Å². The second kappa shape index (κ2) is 6.19. The Morgan fingerprint density at radius 1 is 0.727 bits per heavy atom. The molecule has 0 unspecified atom stereocenters. The smallest absolute Gasteiger partial charge is 0.194 e. The minimum atomic E-state index is -0.137. The lowest BCUT2D eigenvalue weighted by molar-refractivity contribution is 0.103. The predicted molar refractivity (Wildman–Crippen MR) is 87.1 cm³/mol. The molecule has 0 aliphatic carbocycles. The lowest BCUT2D eigenvalue weighted by Gasteiger charge is -2.11. The third-order valence-corrected chi connectivity index (χ3v) is 3.57. The number of hydrogen-bond donors (Lipinski definition) is 0. The van der Waals surface area contributed by atoms with Gasteiger partial charge in [0.05, 0.1) is 0 Å². The van der Waals surface area contributed by atoms with Gasteiger partial charge in [-0.2, -0.15) is 0 Å². The molecule has 0 heterocycles. The molecule has 0 N–H and O–H groups in total. The molecule has 3 rings (SSSR count). The molecule has 0 radical (unpaired) electrons. The number of rotatable bonds is 4. The van der Waals surface area contributed by atoms with Gasteiger partial charge in [-0.1, -0.05) is 78.9 Å². The van der Waals surface area contributed by atoms with Gasteiger partial charge in [0.2, 0.25) is 0 Å². The van der Waals surface area contributed by atoms with Crippen molar-refractivity contribution in [2.45, 2.75) is 0 Å². The second-order valence-electron chi connectivity index (χ2n) is 4.95. The first-order chi connectivity index (χ1) is 10.8. The average molecular weight is 286 g/mol. The maximum absolute atomic E-state index is 12.9. The Balaban J connectivity index is 2.21. The summed E-state index contributed by atoms with van der Waals surface area (Å²) in [4.78, 5) is 24.3. The first-order valence-corrected chi connectivity index (χ1v) is 7.04. The molecule has 0 spiro atoms. The third-order valence-electron chi connectivity index (χ3n) is 3.57. The van der Waals surface area contributed by atoms with Crippen molar-refractivity contribution < 1.29 is 9.59 Å². The molecule has 0 saturated heterocycles. The molecule has 2 nitrogen and oxygen atoms in total. The Labute approximate surface area is 129 Å². The summed E-state index contributed by atoms with van der Waals surface area (Å²) >= 11 is 0. The third kappa shape index (κ3) is 2.59. The van der Waals surface area contributed by atoms with Crippen LogP contribution in [-0.4, -0.2) is 12.1 Å². The van der Waals surface area contributed by atoms with Crippen molar-refractivity contribution in [1.82, 2.24) is 0 Å². The summed E-state index contributed by atoms with van der Waals surface area (Å²) in [5.74, 6) is -0.137. The summed E-state index contributed by atoms with van der Waals surface area (Å²) in [6.45, 7) is 0. The maximum atomic E-state index is 12.9. The molecule has 2 heteroatoms. The Hall–Kier alpha value is -3.00. The summed E-state index contributed by atoms with van der Waals surface area (Å²) < 4.78 is 0. The quantitative estimate of drug-likeness (QED) is 0.526. The van der Waals surface area contributed by atoms with Gasteiger partial charge in [0.15, 0.2) is 12.1 Å². The zero-order valence-electron chi connectivity index (χ0n) is 11.9. The van der Waals surface area contributed by atoms with Gasteiger partial charge >= 0.3 is 0 Å². The number of hydrogen-bond acceptors (Lipinski definition) is 2. The molecule has 0 amide bonds. The van der Waals surface area contributed by atoms with E-state index in [0.29, 0.717) is 16.7 Å². The van der Waals surface area contributed by atoms with E-state index in [1.54, 1.807) is 24.3 Å². The van der Waals surface area contributed by atoms with Gasteiger partial charge in [-0.25, -0.2) is 0 Å². The first kappa shape index (κ1) is 14.0. The van der Waals surface area contributed by atoms with Gasteiger partial charge in [-0.15, -0.1) is 0 Å². The lowest BCUT2D eigenvalue weighted by Crippen LogP contribution is -2.07. The van der Waals surface area contributed by atoms with E-state index in [9.17, 15) is 9.59 Å². The van der Waals surface area contributed by atoms with Crippen molar-refractivity contribution in [3.63, 3.8) is 0 Å². The molecule has 3 aromatic rings. The van der Waals surface area contributed by atoms with Gasteiger partial charge in [0.1, 0.15) is 0 Å². The highest BCUT2D eigenvalue weighted by Gasteiger charge is 2.18. The van der Waals surface area contributed by atoms with Crippen molar-refractivity contribution in [2.75, 3.05) is 0 Å². The van der Waals surface area contributed by atoms with E-state index in [1.165, 1.54) is 0 Å². The molecule has 0 fully saturated rings. The zero-order chi connectivity index (χ0) is 15.4. The lowest BCUT2D eigenvalue weighted by atomic mass is 9.90. The van der Waals surface area contributed by atoms with Gasteiger partial charge in [0.25, 0.3) is 0 Å². The van der Waals surface area contributed by atoms with E-state index in [2.05, 4.69) is 0 Å². The zero-order valence-corrected chi connectivity index (χ0v) is 11.9. The van der Waals surface area contributed by atoms with Crippen LogP contribution in [0.15, 0.2) is 78.9 Å². The molecule has 0 bridgehead atoms. The SMILES string of the molecule is O=Cc1cccc(-c2ccccc2)c1C(=O)c1ccccc1. The van der Waals surface area contributed by atoms with Gasteiger partial charge in [-0.3, -0.25) is 9.59 Å². The molecule has 0 aromatic heterocycles. The Morgan fingerprint density at radius 2 is 1.36 bits per heavy atom. The molecule has 0 aliphatic heterocycles. The van der Waals surface area contributed by atoms with Crippen molar-refractivity contribution in [3.8, 4) is 11.1 Å². The van der Waals surface area contributed by atoms with Crippen molar-refractivity contribution in [2.24, 2.45) is 0 Å². The van der Waals surface area contributed by atoms with Crippen LogP contribution in [0.2, 0.25) is 0 Å². The van der Waals surface area contributed by atoms with E-state index < -0.39 is 0 Å². The summed E-state index contributed by atoms with van der Waals surface area (Å²) in [5, 5.41) is 0. The molecular weight excluding hydrogens is 272 g/mol. The predicted octanol–water partition coefficient (Wildman–Crippen LogP) is 4.40. The Morgan fingerprint density at radius 3 is 2.00 bits per heavy atom. The van der Waals surface area contributed by atoms with Crippen LogP contribution in [0.5, 0.6) is 0 Å². The second-order valence-corrected chi connectivity index (χ2v) is 4.95. The normalized spacial score (nSPS) is 10.2. The van der Waals surface area contributed by atoms with Crippen LogP contribution in [0.25, 0.3) is 11.1 Å². The minimum Gasteiger partial charge on any atom is -0.298 e. The largest absolute Gasteiger partial charge is 0.298 e. The van der Waals surface area contributed by atoms with Gasteiger partial charge < -0.3 is 0 Å². The maximum Gasteiger partial charge on any atom is 0.194 e. The highest BCUT2D eigenvalue weighted by molar-refractivity contribution is 6.16. The monoisotopic (exact) mass is 286 g/mol. The van der Waals surface area contributed by atoms with Crippen LogP contribution in [0.4, 0.5) is 0 Å². The van der Waals surface area contributed by atoms with Crippen LogP contribution in [0, 0.1) is 0 Å². The molecule has 0 saturated carbocycles. The fourth-order valence-corrected chi connectivity index (χ4v) is 2.51. The number of carbonyl (C=O) groups excluding carboxylic acids is 2. The molecule has 3 aromatic carbocycles. The summed E-state index contributed by atoms with van der Waals surface area (Å²) in [6, 6.07) is 24.0.